The van der Waals surface area contributed by atoms with Gasteiger partial charge in [0, 0.05) is 26.7 Å². The molecule has 0 radical (unpaired) electrons. The van der Waals surface area contributed by atoms with E-state index < -0.39 is 6.10 Å². The maximum atomic E-state index is 11.6. The summed E-state index contributed by atoms with van der Waals surface area (Å²) in [5.41, 5.74) is 1.11. The molecule has 1 aromatic carbocycles. The molecular weight excluding hydrogens is 256 g/mol. The van der Waals surface area contributed by atoms with Crippen LogP contribution < -0.4 is 15.4 Å². The number of carbonyl (C=O) groups is 1. The van der Waals surface area contributed by atoms with Gasteiger partial charge in [0.15, 0.2) is 6.10 Å². The van der Waals surface area contributed by atoms with E-state index >= 15 is 0 Å². The molecule has 1 unspecified atom stereocenters. The highest BCUT2D eigenvalue weighted by Crippen LogP contribution is 2.15. The lowest BCUT2D eigenvalue weighted by atomic mass is 10.2. The number of rotatable bonds is 9. The SMILES string of the molecule is CCNC(=O)C(C)Oc1cccc(CNCCOC)c1. The molecule has 1 atom stereocenters. The second-order valence-electron chi connectivity index (χ2n) is 4.47. The van der Waals surface area contributed by atoms with Crippen LogP contribution in [-0.4, -0.2) is 38.8 Å². The molecule has 0 saturated carbocycles. The first-order chi connectivity index (χ1) is 9.67. The maximum absolute atomic E-state index is 11.6. The van der Waals surface area contributed by atoms with Crippen molar-refractivity contribution >= 4 is 5.91 Å². The average molecular weight is 280 g/mol. The van der Waals surface area contributed by atoms with Crippen LogP contribution in [0.25, 0.3) is 0 Å². The monoisotopic (exact) mass is 280 g/mol. The number of benzene rings is 1. The molecule has 1 amide bonds. The standard InChI is InChI=1S/C15H24N2O3/c1-4-17-15(18)12(2)20-14-7-5-6-13(10-14)11-16-8-9-19-3/h5-7,10,12,16H,4,8-9,11H2,1-3H3,(H,17,18). The van der Waals surface area contributed by atoms with E-state index in [0.29, 0.717) is 18.9 Å². The van der Waals surface area contributed by atoms with Gasteiger partial charge in [-0.15, -0.1) is 0 Å². The molecule has 0 aliphatic carbocycles. The number of methoxy groups -OCH3 is 1. The molecule has 112 valence electrons. The van der Waals surface area contributed by atoms with Gasteiger partial charge in [-0.05, 0) is 31.5 Å². The first-order valence-corrected chi connectivity index (χ1v) is 6.90. The highest BCUT2D eigenvalue weighted by Gasteiger charge is 2.13. The van der Waals surface area contributed by atoms with Crippen LogP contribution in [0, 0.1) is 0 Å². The predicted molar refractivity (Wildman–Crippen MR) is 78.8 cm³/mol. The third kappa shape index (κ3) is 6.04. The fraction of sp³-hybridized carbons (Fsp3) is 0.533. The van der Waals surface area contributed by atoms with Gasteiger partial charge in [-0.1, -0.05) is 12.1 Å². The lowest BCUT2D eigenvalue weighted by molar-refractivity contribution is -0.127. The predicted octanol–water partition coefficient (Wildman–Crippen LogP) is 1.33. The van der Waals surface area contributed by atoms with Crippen LogP contribution in [-0.2, 0) is 16.1 Å². The molecule has 1 aromatic rings. The summed E-state index contributed by atoms with van der Waals surface area (Å²) >= 11 is 0. The van der Waals surface area contributed by atoms with Crippen molar-refractivity contribution in [1.82, 2.24) is 10.6 Å². The number of likely N-dealkylation sites (N-methyl/N-ethyl adjacent to an activating group) is 1. The minimum absolute atomic E-state index is 0.101. The third-order valence-electron chi connectivity index (χ3n) is 2.74. The van der Waals surface area contributed by atoms with Gasteiger partial charge in [-0.3, -0.25) is 4.79 Å². The molecule has 0 fully saturated rings. The number of amides is 1. The van der Waals surface area contributed by atoms with E-state index in [1.54, 1.807) is 14.0 Å². The van der Waals surface area contributed by atoms with Gasteiger partial charge < -0.3 is 20.1 Å². The molecule has 0 bridgehead atoms. The van der Waals surface area contributed by atoms with Gasteiger partial charge in [-0.2, -0.15) is 0 Å². The summed E-state index contributed by atoms with van der Waals surface area (Å²) in [6, 6.07) is 7.74. The van der Waals surface area contributed by atoms with Crippen LogP contribution in [0.2, 0.25) is 0 Å². The van der Waals surface area contributed by atoms with Crippen molar-refractivity contribution in [3.63, 3.8) is 0 Å². The van der Waals surface area contributed by atoms with Crippen LogP contribution in [0.5, 0.6) is 5.75 Å². The van der Waals surface area contributed by atoms with Gasteiger partial charge in [0.1, 0.15) is 5.75 Å². The topological polar surface area (TPSA) is 59.6 Å². The Morgan fingerprint density at radius 3 is 2.90 bits per heavy atom. The summed E-state index contributed by atoms with van der Waals surface area (Å²) in [5, 5.41) is 6.00. The largest absolute Gasteiger partial charge is 0.481 e. The lowest BCUT2D eigenvalue weighted by Crippen LogP contribution is -2.36. The molecule has 0 aliphatic heterocycles. The Morgan fingerprint density at radius 1 is 1.40 bits per heavy atom. The summed E-state index contributed by atoms with van der Waals surface area (Å²) in [4.78, 5) is 11.6. The first kappa shape index (κ1) is 16.5. The van der Waals surface area contributed by atoms with Crippen LogP contribution in [0.3, 0.4) is 0 Å². The van der Waals surface area contributed by atoms with E-state index in [0.717, 1.165) is 18.7 Å². The van der Waals surface area contributed by atoms with Crippen molar-refractivity contribution in [3.05, 3.63) is 29.8 Å². The fourth-order valence-electron chi connectivity index (χ4n) is 1.71. The molecule has 20 heavy (non-hydrogen) atoms. The molecule has 0 aromatic heterocycles. The zero-order valence-electron chi connectivity index (χ0n) is 12.4. The molecule has 0 saturated heterocycles. The molecule has 1 rings (SSSR count). The summed E-state index contributed by atoms with van der Waals surface area (Å²) < 4.78 is 10.6. The number of carbonyl (C=O) groups excluding carboxylic acids is 1. The summed E-state index contributed by atoms with van der Waals surface area (Å²) in [6.45, 7) is 6.47. The van der Waals surface area contributed by atoms with Gasteiger partial charge in [0.2, 0.25) is 0 Å². The minimum Gasteiger partial charge on any atom is -0.481 e. The number of hydrogen-bond donors (Lipinski definition) is 2. The fourth-order valence-corrected chi connectivity index (χ4v) is 1.71. The van der Waals surface area contributed by atoms with Crippen molar-refractivity contribution in [2.75, 3.05) is 26.8 Å². The van der Waals surface area contributed by atoms with Crippen LogP contribution in [0.4, 0.5) is 0 Å². The molecule has 0 spiro atoms. The Balaban J connectivity index is 2.48. The average Bonchev–Trinajstić information content (AvgIpc) is 2.44. The van der Waals surface area contributed by atoms with Crippen molar-refractivity contribution < 1.29 is 14.3 Å². The number of ether oxygens (including phenoxy) is 2. The zero-order chi connectivity index (χ0) is 14.8. The number of hydrogen-bond acceptors (Lipinski definition) is 4. The van der Waals surface area contributed by atoms with Gasteiger partial charge in [-0.25, -0.2) is 0 Å². The Bertz CT molecular complexity index is 410. The summed E-state index contributed by atoms with van der Waals surface area (Å²) in [5.74, 6) is 0.603. The highest BCUT2D eigenvalue weighted by molar-refractivity contribution is 5.80. The van der Waals surface area contributed by atoms with Gasteiger partial charge >= 0.3 is 0 Å². The smallest absolute Gasteiger partial charge is 0.260 e. The maximum Gasteiger partial charge on any atom is 0.260 e. The Morgan fingerprint density at radius 2 is 2.20 bits per heavy atom. The number of nitrogens with one attached hydrogen (secondary N) is 2. The normalized spacial score (nSPS) is 11.9. The summed E-state index contributed by atoms with van der Waals surface area (Å²) in [7, 11) is 1.68. The molecule has 5 nitrogen and oxygen atoms in total. The summed E-state index contributed by atoms with van der Waals surface area (Å²) in [6.07, 6.45) is -0.494. The molecular formula is C15H24N2O3. The van der Waals surface area contributed by atoms with E-state index in [9.17, 15) is 4.79 Å². The van der Waals surface area contributed by atoms with Crippen molar-refractivity contribution in [2.45, 2.75) is 26.5 Å². The second-order valence-corrected chi connectivity index (χ2v) is 4.47. The van der Waals surface area contributed by atoms with Crippen LogP contribution >= 0.6 is 0 Å². The van der Waals surface area contributed by atoms with E-state index in [-0.39, 0.29) is 5.91 Å². The second kappa shape index (κ2) is 9.34. The minimum atomic E-state index is -0.494. The lowest BCUT2D eigenvalue weighted by Gasteiger charge is -2.14. The first-order valence-electron chi connectivity index (χ1n) is 6.90. The van der Waals surface area contributed by atoms with Crippen LogP contribution in [0.15, 0.2) is 24.3 Å². The van der Waals surface area contributed by atoms with Crippen molar-refractivity contribution in [3.8, 4) is 5.75 Å². The molecule has 2 N–H and O–H groups in total. The van der Waals surface area contributed by atoms with Crippen molar-refractivity contribution in [1.29, 1.82) is 0 Å². The Labute approximate surface area is 120 Å². The molecule has 0 heterocycles. The van der Waals surface area contributed by atoms with Crippen molar-refractivity contribution in [2.24, 2.45) is 0 Å². The van der Waals surface area contributed by atoms with E-state index in [1.165, 1.54) is 0 Å². The van der Waals surface area contributed by atoms with Gasteiger partial charge in [0.05, 0.1) is 6.61 Å². The van der Waals surface area contributed by atoms with Gasteiger partial charge in [0.25, 0.3) is 5.91 Å². The van der Waals surface area contributed by atoms with E-state index in [2.05, 4.69) is 10.6 Å². The van der Waals surface area contributed by atoms with Crippen LogP contribution in [0.1, 0.15) is 19.4 Å². The van der Waals surface area contributed by atoms with E-state index in [4.69, 9.17) is 9.47 Å². The zero-order valence-corrected chi connectivity index (χ0v) is 12.4. The molecule has 5 heteroatoms. The quantitative estimate of drug-likeness (QED) is 0.670. The Kier molecular flexibility index (Phi) is 7.69. The highest BCUT2D eigenvalue weighted by atomic mass is 16.5. The molecule has 0 aliphatic rings. The van der Waals surface area contributed by atoms with E-state index in [1.807, 2.05) is 31.2 Å². The Hall–Kier alpha value is -1.59. The third-order valence-corrected chi connectivity index (χ3v) is 2.74.